The van der Waals surface area contributed by atoms with Crippen molar-refractivity contribution in [3.05, 3.63) is 0 Å². The first-order valence-corrected chi connectivity index (χ1v) is 53.4. The summed E-state index contributed by atoms with van der Waals surface area (Å²) in [5.74, 6) is -15.9. The predicted octanol–water partition coefficient (Wildman–Crippen LogP) is 10.9. The fraction of sp³-hybridized carbons (Fsp3) is 0.943. The quantitative estimate of drug-likeness (QED) is 0.0293. The van der Waals surface area contributed by atoms with Gasteiger partial charge in [0.25, 0.3) is 0 Å². The molecule has 22 aliphatic carbocycles. The van der Waals surface area contributed by atoms with E-state index >= 15 is 0 Å². The first kappa shape index (κ1) is 113. The number of carbonyl (C=O) groups excluding carboxylic acids is 6. The van der Waals surface area contributed by atoms with E-state index in [0.29, 0.717) is 115 Å². The minimum atomic E-state index is -3.62. The lowest BCUT2D eigenvalue weighted by Gasteiger charge is -2.70. The van der Waals surface area contributed by atoms with Crippen molar-refractivity contribution in [2.24, 2.45) is 122 Å². The lowest BCUT2D eigenvalue weighted by Crippen LogP contribution is -2.77. The lowest BCUT2D eigenvalue weighted by atomic mass is 9.43. The zero-order valence-electron chi connectivity index (χ0n) is 88.0. The molecule has 0 radical (unpaired) electrons. The topological polar surface area (TPSA) is 451 Å². The van der Waals surface area contributed by atoms with Crippen LogP contribution in [0.2, 0.25) is 0 Å². The summed E-state index contributed by atoms with van der Waals surface area (Å²) in [4.78, 5) is 72.2. The molecule has 0 aromatic rings. The molecule has 28 aliphatic rings. The molecule has 28 rings (SSSR count). The highest BCUT2D eigenvalue weighted by atomic mass is 19.3. The number of aliphatic hydroxyl groups is 9. The van der Waals surface area contributed by atoms with Crippen LogP contribution in [0.15, 0.2) is 0 Å². The van der Waals surface area contributed by atoms with Gasteiger partial charge < -0.3 is 131 Å². The zero-order chi connectivity index (χ0) is 107. The van der Waals surface area contributed by atoms with Crippen LogP contribution in [-0.2, 0) is 114 Å². The second-order valence-electron chi connectivity index (χ2n) is 52.7. The van der Waals surface area contributed by atoms with Crippen molar-refractivity contribution in [3.8, 4) is 0 Å². The monoisotopic (exact) mass is 2110 g/mol. The van der Waals surface area contributed by atoms with Gasteiger partial charge >= 0.3 is 47.7 Å². The summed E-state index contributed by atoms with van der Waals surface area (Å²) in [6, 6.07) is 0. The molecule has 0 aromatic carbocycles. The molecule has 9 N–H and O–H groups in total. The minimum Gasteiger partial charge on any atom is -0.457 e. The largest absolute Gasteiger partial charge is 0.457 e. The van der Waals surface area contributed by atoms with E-state index in [4.69, 9.17) is 85.3 Å². The summed E-state index contributed by atoms with van der Waals surface area (Å²) < 4.78 is 216. The number of aliphatic hydroxyl groups excluding tert-OH is 9. The number of carbonyl (C=O) groups is 6. The SMILES string of the molecule is CC(C)(F)C(=O)OC12CC3CC(C1)C1(OCC(CO)(CO)CO1)C(C3)C2.CC(C)(F)C(=O)OC12CC3CC(C1)C1(OCC(CO)(CO)CO1)C(C3)C2.CC(C)(F)C(=O)OC12CC3CC(C1)C1(OCC(CO)O1)C(C3)C2.CC(C)(F)C(=O)OC12CC3CC(C1)C1(OCC(CO)O1)C(C3)C2.CC(F)(F)C(=O)OC1(C)CC2CC(C2(C)C)C12OCC(CO)(CO)CO2.CC(F)(F)C(=O)OC1(C)CC2CC(C2(C)C)C12OCC(CO)O2. The summed E-state index contributed by atoms with van der Waals surface area (Å²) in [5, 5.41) is 85.6. The highest BCUT2D eigenvalue weighted by Crippen LogP contribution is 2.74. The Labute approximate surface area is 853 Å². The maximum atomic E-state index is 14.0. The summed E-state index contributed by atoms with van der Waals surface area (Å²) in [7, 11) is 0. The average molecular weight is 2110 g/mol. The third-order valence-corrected chi connectivity index (χ3v) is 39.0. The third-order valence-electron chi connectivity index (χ3n) is 39.0. The van der Waals surface area contributed by atoms with E-state index < -0.39 is 161 Å². The Morgan fingerprint density at radius 2 is 0.497 bits per heavy atom. The molecular weight excluding hydrogens is 1950 g/mol. The van der Waals surface area contributed by atoms with Crippen LogP contribution in [0.5, 0.6) is 0 Å². The van der Waals surface area contributed by atoms with Gasteiger partial charge in [-0.05, 0) is 270 Å². The third kappa shape index (κ3) is 19.8. The van der Waals surface area contributed by atoms with Crippen LogP contribution in [0, 0.1) is 122 Å². The number of hydrogen-bond acceptors (Lipinski definition) is 33. The summed E-state index contributed by atoms with van der Waals surface area (Å²) in [5.41, 5.74) is -15.7. The van der Waals surface area contributed by atoms with Crippen LogP contribution in [0.25, 0.3) is 0 Å². The van der Waals surface area contributed by atoms with Crippen LogP contribution in [0.1, 0.15) is 265 Å². The molecular formula is C106H160F8O33. The Hall–Kier alpha value is -4.58. The standard InChI is InChI=1S/2C19H29FO6.C18H28F2O6.2C17H25FO5.C16H24F2O5/c2*1-16(2,20)15(23)26-18-5-12-3-13(6-18)19(14(4-12)7-18)24-10-17(8-21,9-22)11-25-19;1-14(2)11-5-12(14)18(24-9-17(7-21,8-22)10-25-18)15(3,6-11)26-13(23)16(4,19)20;2*1-15(2,18)14(20)23-16-5-10-3-11(6-16)17(12(4-10)7-16)21-9-13(8-19)22-17;1-13(2)9-5-11(13)16(21-8-10(7-19)22-16)14(3,6-9)23-12(20)15(4,17)18/h2*12-14,21-22H,3-11H2,1-2H3;11-12,21-22H,5-10H2,1-4H3;2*10-13,19H,3-9H2,1-2H3;9-11,19H,5-8H2,1-4H3. The molecule has 20 bridgehead atoms. The number of rotatable bonds is 21. The average Bonchev–Trinajstić information content (AvgIpc) is 1.42. The highest BCUT2D eigenvalue weighted by molar-refractivity contribution is 5.81. The molecule has 22 saturated carbocycles. The van der Waals surface area contributed by atoms with Gasteiger partial charge in [0.05, 0.1) is 135 Å². The molecule has 838 valence electrons. The van der Waals surface area contributed by atoms with Crippen LogP contribution >= 0.6 is 0 Å². The van der Waals surface area contributed by atoms with Crippen LogP contribution in [0.3, 0.4) is 0 Å². The Morgan fingerprint density at radius 1 is 0.265 bits per heavy atom. The second-order valence-corrected chi connectivity index (χ2v) is 52.7. The van der Waals surface area contributed by atoms with Gasteiger partial charge in [0, 0.05) is 73.0 Å². The maximum absolute atomic E-state index is 14.0. The van der Waals surface area contributed by atoms with Crippen molar-refractivity contribution < 1.29 is 195 Å². The van der Waals surface area contributed by atoms with Crippen LogP contribution < -0.4 is 0 Å². The van der Waals surface area contributed by atoms with Gasteiger partial charge in [0.2, 0.25) is 34.2 Å². The molecule has 0 aromatic heterocycles. The second kappa shape index (κ2) is 38.7. The number of alkyl halides is 8. The van der Waals surface area contributed by atoms with E-state index in [2.05, 4.69) is 27.7 Å². The minimum absolute atomic E-state index is 0.00704. The fourth-order valence-corrected chi connectivity index (χ4v) is 31.2. The van der Waals surface area contributed by atoms with Gasteiger partial charge in [-0.25, -0.2) is 46.3 Å². The van der Waals surface area contributed by atoms with E-state index in [1.807, 2.05) is 0 Å². The Morgan fingerprint density at radius 3 is 0.721 bits per heavy atom. The van der Waals surface area contributed by atoms with Crippen molar-refractivity contribution in [1.29, 1.82) is 0 Å². The van der Waals surface area contributed by atoms with Crippen molar-refractivity contribution in [2.45, 2.75) is 386 Å². The highest BCUT2D eigenvalue weighted by Gasteiger charge is 2.80. The number of ether oxygens (including phenoxy) is 18. The zero-order valence-corrected chi connectivity index (χ0v) is 88.0. The first-order valence-electron chi connectivity index (χ1n) is 53.4. The summed E-state index contributed by atoms with van der Waals surface area (Å²) >= 11 is 0. The molecule has 33 nitrogen and oxygen atoms in total. The van der Waals surface area contributed by atoms with Gasteiger partial charge in [-0.3, -0.25) is 0 Å². The normalized spacial score (nSPS) is 42.8. The maximum Gasteiger partial charge on any atom is 0.377 e. The predicted molar refractivity (Wildman–Crippen MR) is 496 cm³/mol. The molecule has 6 heterocycles. The molecule has 18 atom stereocenters. The Kier molecular flexibility index (Phi) is 29.9. The Bertz CT molecular complexity index is 4500. The first-order chi connectivity index (χ1) is 68.2. The van der Waals surface area contributed by atoms with E-state index in [1.165, 1.54) is 55.4 Å². The Balaban J connectivity index is 0.000000121. The number of fused-ring (bicyclic) bond motifs is 2. The molecule has 6 spiro atoms. The van der Waals surface area contributed by atoms with Crippen molar-refractivity contribution in [1.82, 2.24) is 0 Å². The molecule has 28 fully saturated rings. The van der Waals surface area contributed by atoms with Gasteiger partial charge in [0.1, 0.15) is 40.7 Å². The molecule has 6 saturated heterocycles. The number of esters is 6. The van der Waals surface area contributed by atoms with Crippen molar-refractivity contribution in [3.63, 3.8) is 0 Å². The van der Waals surface area contributed by atoms with Gasteiger partial charge in [-0.2, -0.15) is 17.6 Å². The smallest absolute Gasteiger partial charge is 0.377 e. The van der Waals surface area contributed by atoms with Gasteiger partial charge in [-0.1, -0.05) is 27.7 Å². The fourth-order valence-electron chi connectivity index (χ4n) is 31.2. The van der Waals surface area contributed by atoms with E-state index in [-0.39, 0.29) is 200 Å². The molecule has 0 amide bonds. The molecule has 147 heavy (non-hydrogen) atoms. The van der Waals surface area contributed by atoms with E-state index in [0.717, 1.165) is 89.9 Å². The summed E-state index contributed by atoms with van der Waals surface area (Å²) in [6.07, 6.45) is 17.4. The van der Waals surface area contributed by atoms with Crippen molar-refractivity contribution >= 4 is 35.8 Å². The van der Waals surface area contributed by atoms with Gasteiger partial charge in [0.15, 0.2) is 34.4 Å². The van der Waals surface area contributed by atoms with Gasteiger partial charge in [-0.15, -0.1) is 0 Å². The summed E-state index contributed by atoms with van der Waals surface area (Å²) in [6.45, 7) is 22.6. The van der Waals surface area contributed by atoms with Crippen molar-refractivity contribution in [2.75, 3.05) is 119 Å². The lowest BCUT2D eigenvalue weighted by molar-refractivity contribution is -0.441. The molecule has 6 aliphatic heterocycles. The van der Waals surface area contributed by atoms with Crippen LogP contribution in [0.4, 0.5) is 35.1 Å². The van der Waals surface area contributed by atoms with E-state index in [9.17, 15) is 110 Å². The van der Waals surface area contributed by atoms with Crippen LogP contribution in [-0.4, -0.2) is 322 Å². The molecule has 41 heteroatoms. The number of halogens is 8. The van der Waals surface area contributed by atoms with E-state index in [1.54, 1.807) is 13.8 Å². The number of hydrogen-bond donors (Lipinski definition) is 9. The molecule has 18 unspecified atom stereocenters.